The molecule has 0 saturated carbocycles. The van der Waals surface area contributed by atoms with Crippen molar-refractivity contribution in [3.05, 3.63) is 29.8 Å². The van der Waals surface area contributed by atoms with Crippen molar-refractivity contribution in [2.24, 2.45) is 0 Å². The number of methoxy groups -OCH3 is 1. The Morgan fingerprint density at radius 3 is 2.84 bits per heavy atom. The van der Waals surface area contributed by atoms with Crippen molar-refractivity contribution in [3.63, 3.8) is 0 Å². The summed E-state index contributed by atoms with van der Waals surface area (Å²) < 4.78 is 10.4. The minimum Gasteiger partial charge on any atom is -0.497 e. The summed E-state index contributed by atoms with van der Waals surface area (Å²) >= 11 is 0. The van der Waals surface area contributed by atoms with Crippen LogP contribution >= 0.6 is 0 Å². The summed E-state index contributed by atoms with van der Waals surface area (Å²) in [4.78, 5) is 13.6. The zero-order valence-corrected chi connectivity index (χ0v) is 12.0. The molecule has 0 radical (unpaired) electrons. The first kappa shape index (κ1) is 15.5. The van der Waals surface area contributed by atoms with Crippen molar-refractivity contribution in [1.29, 1.82) is 0 Å². The van der Waals surface area contributed by atoms with Gasteiger partial charge in [0.25, 0.3) is 0 Å². The van der Waals surface area contributed by atoms with E-state index in [2.05, 4.69) is 0 Å². The van der Waals surface area contributed by atoms with E-state index in [1.165, 1.54) is 0 Å². The molecule has 1 amide bonds. The molecule has 0 N–H and O–H groups in total. The average Bonchev–Trinajstić information content (AvgIpc) is 2.43. The van der Waals surface area contributed by atoms with Crippen molar-refractivity contribution >= 4 is 5.91 Å². The van der Waals surface area contributed by atoms with Crippen LogP contribution in [0.25, 0.3) is 0 Å². The van der Waals surface area contributed by atoms with Crippen LogP contribution in [0.1, 0.15) is 25.3 Å². The van der Waals surface area contributed by atoms with E-state index in [4.69, 9.17) is 9.47 Å². The Morgan fingerprint density at radius 2 is 2.16 bits per heavy atom. The predicted octanol–water partition coefficient (Wildman–Crippen LogP) is 2.47. The number of hydrogen-bond acceptors (Lipinski definition) is 3. The largest absolute Gasteiger partial charge is 0.497 e. The summed E-state index contributed by atoms with van der Waals surface area (Å²) in [5, 5.41) is 0. The molecule has 4 nitrogen and oxygen atoms in total. The molecule has 19 heavy (non-hydrogen) atoms. The minimum absolute atomic E-state index is 0.141. The van der Waals surface area contributed by atoms with Gasteiger partial charge in [0.2, 0.25) is 5.91 Å². The number of rotatable bonds is 8. The Balaban J connectivity index is 2.40. The lowest BCUT2D eigenvalue weighted by Crippen LogP contribution is -2.26. The number of hydrogen-bond donors (Lipinski definition) is 0. The van der Waals surface area contributed by atoms with Gasteiger partial charge in [0.05, 0.1) is 7.11 Å². The molecule has 0 spiro atoms. The SMILES string of the molecule is CCOCCCC(=O)N(C)Cc1cccc(OC)c1. The highest BCUT2D eigenvalue weighted by Crippen LogP contribution is 2.14. The first-order valence-corrected chi connectivity index (χ1v) is 6.62. The molecule has 0 aliphatic carbocycles. The van der Waals surface area contributed by atoms with E-state index >= 15 is 0 Å². The van der Waals surface area contributed by atoms with Gasteiger partial charge >= 0.3 is 0 Å². The smallest absolute Gasteiger partial charge is 0.222 e. The quantitative estimate of drug-likeness (QED) is 0.678. The lowest BCUT2D eigenvalue weighted by atomic mass is 10.2. The van der Waals surface area contributed by atoms with Crippen LogP contribution in [0, 0.1) is 0 Å². The standard InChI is InChI=1S/C15H23NO3/c1-4-19-10-6-9-15(17)16(2)12-13-7-5-8-14(11-13)18-3/h5,7-8,11H,4,6,9-10,12H2,1-3H3. The molecule has 0 aromatic heterocycles. The monoisotopic (exact) mass is 265 g/mol. The summed E-state index contributed by atoms with van der Waals surface area (Å²) in [7, 11) is 3.46. The number of carbonyl (C=O) groups is 1. The summed E-state index contributed by atoms with van der Waals surface area (Å²) in [6.45, 7) is 3.91. The topological polar surface area (TPSA) is 38.8 Å². The van der Waals surface area contributed by atoms with Crippen LogP contribution < -0.4 is 4.74 Å². The molecule has 0 heterocycles. The summed E-state index contributed by atoms with van der Waals surface area (Å²) in [6, 6.07) is 7.77. The van der Waals surface area contributed by atoms with Crippen molar-refractivity contribution < 1.29 is 14.3 Å². The maximum atomic E-state index is 11.9. The average molecular weight is 265 g/mol. The Hall–Kier alpha value is -1.55. The van der Waals surface area contributed by atoms with Gasteiger partial charge in [-0.2, -0.15) is 0 Å². The Morgan fingerprint density at radius 1 is 1.37 bits per heavy atom. The van der Waals surface area contributed by atoms with Gasteiger partial charge in [-0.25, -0.2) is 0 Å². The van der Waals surface area contributed by atoms with E-state index in [-0.39, 0.29) is 5.91 Å². The molecule has 4 heteroatoms. The summed E-state index contributed by atoms with van der Waals surface area (Å²) in [5.74, 6) is 0.956. The van der Waals surface area contributed by atoms with Crippen LogP contribution in [0.3, 0.4) is 0 Å². The summed E-state index contributed by atoms with van der Waals surface area (Å²) in [6.07, 6.45) is 1.30. The zero-order chi connectivity index (χ0) is 14.1. The molecule has 1 rings (SSSR count). The molecule has 0 aliphatic heterocycles. The van der Waals surface area contributed by atoms with Gasteiger partial charge in [-0.1, -0.05) is 12.1 Å². The molecule has 0 fully saturated rings. The molecule has 0 atom stereocenters. The van der Waals surface area contributed by atoms with Gasteiger partial charge in [0.1, 0.15) is 5.75 Å². The van der Waals surface area contributed by atoms with Crippen LogP contribution in [0.4, 0.5) is 0 Å². The lowest BCUT2D eigenvalue weighted by molar-refractivity contribution is -0.130. The fourth-order valence-corrected chi connectivity index (χ4v) is 1.79. The second kappa shape index (κ2) is 8.53. The van der Waals surface area contributed by atoms with E-state index < -0.39 is 0 Å². The van der Waals surface area contributed by atoms with E-state index in [9.17, 15) is 4.79 Å². The lowest BCUT2D eigenvalue weighted by Gasteiger charge is -2.17. The van der Waals surface area contributed by atoms with Crippen LogP contribution in [-0.2, 0) is 16.1 Å². The number of benzene rings is 1. The maximum Gasteiger partial charge on any atom is 0.222 e. The molecule has 1 aromatic rings. The fourth-order valence-electron chi connectivity index (χ4n) is 1.79. The third-order valence-electron chi connectivity index (χ3n) is 2.86. The second-order valence-electron chi connectivity index (χ2n) is 4.40. The van der Waals surface area contributed by atoms with E-state index in [0.717, 1.165) is 17.7 Å². The highest BCUT2D eigenvalue weighted by atomic mass is 16.5. The van der Waals surface area contributed by atoms with Crippen molar-refractivity contribution in [2.75, 3.05) is 27.4 Å². The van der Waals surface area contributed by atoms with E-state index in [1.807, 2.05) is 38.2 Å². The predicted molar refractivity (Wildman–Crippen MR) is 75.2 cm³/mol. The van der Waals surface area contributed by atoms with Gasteiger partial charge in [0, 0.05) is 33.2 Å². The van der Waals surface area contributed by atoms with Crippen molar-refractivity contribution in [2.45, 2.75) is 26.3 Å². The van der Waals surface area contributed by atoms with Crippen LogP contribution in [0.15, 0.2) is 24.3 Å². The molecule has 0 aliphatic rings. The molecular formula is C15H23NO3. The van der Waals surface area contributed by atoms with E-state index in [0.29, 0.717) is 26.2 Å². The molecule has 0 bridgehead atoms. The van der Waals surface area contributed by atoms with Crippen LogP contribution in [0.2, 0.25) is 0 Å². The number of carbonyl (C=O) groups excluding carboxylic acids is 1. The van der Waals surface area contributed by atoms with Crippen LogP contribution in [0.5, 0.6) is 5.75 Å². The van der Waals surface area contributed by atoms with Gasteiger partial charge in [-0.05, 0) is 31.0 Å². The Kier molecular flexibility index (Phi) is 6.97. The Labute approximate surface area is 115 Å². The number of amides is 1. The van der Waals surface area contributed by atoms with Crippen molar-refractivity contribution in [1.82, 2.24) is 4.90 Å². The molecule has 106 valence electrons. The fraction of sp³-hybridized carbons (Fsp3) is 0.533. The van der Waals surface area contributed by atoms with Gasteiger partial charge in [0.15, 0.2) is 0 Å². The third kappa shape index (κ3) is 5.75. The minimum atomic E-state index is 0.141. The highest BCUT2D eigenvalue weighted by Gasteiger charge is 2.09. The first-order valence-electron chi connectivity index (χ1n) is 6.62. The molecule has 0 saturated heterocycles. The van der Waals surface area contributed by atoms with Gasteiger partial charge in [-0.15, -0.1) is 0 Å². The maximum absolute atomic E-state index is 11.9. The zero-order valence-electron chi connectivity index (χ0n) is 12.0. The number of ether oxygens (including phenoxy) is 2. The highest BCUT2D eigenvalue weighted by molar-refractivity contribution is 5.75. The van der Waals surface area contributed by atoms with Crippen molar-refractivity contribution in [3.8, 4) is 5.75 Å². The Bertz CT molecular complexity index is 393. The molecule has 0 unspecified atom stereocenters. The van der Waals surface area contributed by atoms with Gasteiger partial charge in [-0.3, -0.25) is 4.79 Å². The third-order valence-corrected chi connectivity index (χ3v) is 2.86. The molecule has 1 aromatic carbocycles. The van der Waals surface area contributed by atoms with E-state index in [1.54, 1.807) is 12.0 Å². The summed E-state index contributed by atoms with van der Waals surface area (Å²) in [5.41, 5.74) is 1.07. The first-order chi connectivity index (χ1) is 9.17. The normalized spacial score (nSPS) is 10.3. The number of nitrogens with zero attached hydrogens (tertiary/aromatic N) is 1. The van der Waals surface area contributed by atoms with Gasteiger partial charge < -0.3 is 14.4 Å². The van der Waals surface area contributed by atoms with Crippen LogP contribution in [-0.4, -0.2) is 38.2 Å². The molecular weight excluding hydrogens is 242 g/mol. The second-order valence-corrected chi connectivity index (χ2v) is 4.40.